The monoisotopic (exact) mass is 300 g/mol. The van der Waals surface area contributed by atoms with Crippen molar-refractivity contribution >= 4 is 19.9 Å². The lowest BCUT2D eigenvalue weighted by molar-refractivity contribution is 0.317. The van der Waals surface area contributed by atoms with Crippen molar-refractivity contribution < 1.29 is 9.47 Å². The van der Waals surface area contributed by atoms with Crippen LogP contribution in [0.15, 0.2) is 48.5 Å². The quantitative estimate of drug-likeness (QED) is 0.697. The Hall–Kier alpha value is -1.74. The summed E-state index contributed by atoms with van der Waals surface area (Å²) >= 11 is 0. The second kappa shape index (κ2) is 8.52. The van der Waals surface area contributed by atoms with Crippen LogP contribution in [0.3, 0.4) is 0 Å². The molecule has 0 atom stereocenters. The molecular weight excluding hydrogens is 276 g/mol. The van der Waals surface area contributed by atoms with E-state index < -0.39 is 9.52 Å². The van der Waals surface area contributed by atoms with Crippen molar-refractivity contribution in [3.63, 3.8) is 0 Å². The first-order valence-electron chi connectivity index (χ1n) is 7.75. The maximum absolute atomic E-state index is 5.61. The van der Waals surface area contributed by atoms with Crippen LogP contribution >= 0.6 is 0 Å². The van der Waals surface area contributed by atoms with Crippen molar-refractivity contribution in [1.82, 2.24) is 0 Å². The minimum absolute atomic E-state index is 0.416. The Morgan fingerprint density at radius 1 is 0.667 bits per heavy atom. The minimum atomic E-state index is -0.416. The van der Waals surface area contributed by atoms with Crippen molar-refractivity contribution in [1.29, 1.82) is 0 Å². The van der Waals surface area contributed by atoms with Gasteiger partial charge in [-0.2, -0.15) is 0 Å². The first-order chi connectivity index (χ1) is 10.3. The second-order valence-electron chi connectivity index (χ2n) is 5.16. The third kappa shape index (κ3) is 5.27. The predicted octanol–water partition coefficient (Wildman–Crippen LogP) is 2.38. The molecule has 0 bridgehead atoms. The van der Waals surface area contributed by atoms with E-state index in [0.29, 0.717) is 0 Å². The summed E-state index contributed by atoms with van der Waals surface area (Å²) in [5, 5.41) is 2.86. The van der Waals surface area contributed by atoms with Gasteiger partial charge in [-0.1, -0.05) is 48.5 Å². The Balaban J connectivity index is 1.91. The molecule has 21 heavy (non-hydrogen) atoms. The van der Waals surface area contributed by atoms with Crippen molar-refractivity contribution in [2.45, 2.75) is 26.7 Å². The predicted molar refractivity (Wildman–Crippen MR) is 92.3 cm³/mol. The van der Waals surface area contributed by atoms with E-state index in [4.69, 9.17) is 9.47 Å². The summed E-state index contributed by atoms with van der Waals surface area (Å²) < 4.78 is 11.2. The van der Waals surface area contributed by atoms with E-state index in [9.17, 15) is 0 Å². The van der Waals surface area contributed by atoms with Crippen molar-refractivity contribution in [2.75, 3.05) is 13.2 Å². The summed E-state index contributed by atoms with van der Waals surface area (Å²) in [4.78, 5) is 0. The molecule has 0 saturated carbocycles. The van der Waals surface area contributed by atoms with Crippen LogP contribution in [0.4, 0.5) is 0 Å². The molecular formula is C18H24O2Si. The molecule has 2 aromatic rings. The van der Waals surface area contributed by atoms with Gasteiger partial charge in [0.1, 0.15) is 11.5 Å². The van der Waals surface area contributed by atoms with Gasteiger partial charge < -0.3 is 9.47 Å². The smallest absolute Gasteiger partial charge is 0.119 e. The van der Waals surface area contributed by atoms with Gasteiger partial charge in [-0.05, 0) is 37.1 Å². The highest BCUT2D eigenvalue weighted by Crippen LogP contribution is 2.09. The lowest BCUT2D eigenvalue weighted by Gasteiger charge is -2.07. The van der Waals surface area contributed by atoms with E-state index in [-0.39, 0.29) is 0 Å². The fourth-order valence-electron chi connectivity index (χ4n) is 2.08. The molecule has 0 N–H and O–H groups in total. The van der Waals surface area contributed by atoms with Crippen LogP contribution in [0.1, 0.15) is 26.7 Å². The van der Waals surface area contributed by atoms with Crippen LogP contribution in [-0.2, 0) is 0 Å². The molecule has 112 valence electrons. The zero-order valence-corrected chi connectivity index (χ0v) is 14.4. The van der Waals surface area contributed by atoms with Crippen LogP contribution in [0.5, 0.6) is 11.5 Å². The second-order valence-corrected chi connectivity index (χ2v) is 7.15. The van der Waals surface area contributed by atoms with E-state index in [2.05, 4.69) is 62.4 Å². The molecule has 0 heterocycles. The van der Waals surface area contributed by atoms with E-state index in [1.165, 1.54) is 10.4 Å². The fraction of sp³-hybridized carbons (Fsp3) is 0.333. The molecule has 3 heteroatoms. The molecule has 2 rings (SSSR count). The molecule has 2 nitrogen and oxygen atoms in total. The molecule has 0 aliphatic carbocycles. The molecule has 0 aliphatic heterocycles. The summed E-state index contributed by atoms with van der Waals surface area (Å²) in [7, 11) is -0.416. The van der Waals surface area contributed by atoms with Crippen molar-refractivity contribution in [2.24, 2.45) is 0 Å². The number of benzene rings is 2. The zero-order chi connectivity index (χ0) is 14.9. The highest BCUT2D eigenvalue weighted by molar-refractivity contribution is 6.67. The summed E-state index contributed by atoms with van der Waals surface area (Å²) in [6, 6.07) is 17.1. The van der Waals surface area contributed by atoms with Gasteiger partial charge in [-0.3, -0.25) is 0 Å². The largest absolute Gasteiger partial charge is 0.494 e. The number of hydrogen-bond acceptors (Lipinski definition) is 2. The number of hydrogen-bond donors (Lipinski definition) is 0. The first kappa shape index (κ1) is 15.6. The van der Waals surface area contributed by atoms with E-state index in [0.717, 1.165) is 37.6 Å². The minimum Gasteiger partial charge on any atom is -0.494 e. The van der Waals surface area contributed by atoms with E-state index in [1.807, 2.05) is 0 Å². The van der Waals surface area contributed by atoms with Gasteiger partial charge >= 0.3 is 0 Å². The zero-order valence-electron chi connectivity index (χ0n) is 13.0. The van der Waals surface area contributed by atoms with Gasteiger partial charge in [-0.15, -0.1) is 0 Å². The van der Waals surface area contributed by atoms with Gasteiger partial charge in [0, 0.05) is 0 Å². The molecule has 0 aliphatic rings. The van der Waals surface area contributed by atoms with E-state index in [1.54, 1.807) is 0 Å². The lowest BCUT2D eigenvalue weighted by atomic mass is 10.3. The molecule has 0 fully saturated rings. The molecule has 0 radical (unpaired) electrons. The molecule has 0 amide bonds. The molecule has 2 aromatic carbocycles. The van der Waals surface area contributed by atoms with Gasteiger partial charge in [-0.25, -0.2) is 0 Å². The van der Waals surface area contributed by atoms with Gasteiger partial charge in [0.05, 0.1) is 22.7 Å². The van der Waals surface area contributed by atoms with Crippen LogP contribution in [-0.4, -0.2) is 22.7 Å². The highest BCUT2D eigenvalue weighted by Gasteiger charge is 2.00. The first-order valence-corrected chi connectivity index (χ1v) is 9.16. The standard InChI is InChI=1S/C18H24O2Si/c1-3-13-19-15-5-9-17(10-6-15)21-18-11-7-16(8-12-18)20-14-4-2/h5-12H,3-4,13-14,21H2,1-2H3. The van der Waals surface area contributed by atoms with Crippen LogP contribution in [0.2, 0.25) is 0 Å². The molecule has 0 unspecified atom stereocenters. The Labute approximate surface area is 129 Å². The SMILES string of the molecule is CCCOc1ccc([SiH2]c2ccc(OCCC)cc2)cc1. The normalized spacial score (nSPS) is 10.4. The molecule has 0 spiro atoms. The number of ether oxygens (including phenoxy) is 2. The van der Waals surface area contributed by atoms with Gasteiger partial charge in [0.2, 0.25) is 0 Å². The average Bonchev–Trinajstić information content (AvgIpc) is 2.53. The van der Waals surface area contributed by atoms with Crippen LogP contribution in [0, 0.1) is 0 Å². The average molecular weight is 300 g/mol. The Kier molecular flexibility index (Phi) is 6.35. The number of rotatable bonds is 8. The summed E-state index contributed by atoms with van der Waals surface area (Å²) in [5.74, 6) is 1.94. The summed E-state index contributed by atoms with van der Waals surface area (Å²) in [6.07, 6.45) is 2.09. The molecule has 0 aromatic heterocycles. The van der Waals surface area contributed by atoms with Crippen LogP contribution < -0.4 is 19.8 Å². The third-order valence-electron chi connectivity index (χ3n) is 3.20. The Bertz CT molecular complexity index is 470. The van der Waals surface area contributed by atoms with E-state index >= 15 is 0 Å². The van der Waals surface area contributed by atoms with Gasteiger partial charge in [0.25, 0.3) is 0 Å². The Morgan fingerprint density at radius 3 is 1.38 bits per heavy atom. The highest BCUT2D eigenvalue weighted by atomic mass is 28.2. The fourth-order valence-corrected chi connectivity index (χ4v) is 3.50. The lowest BCUT2D eigenvalue weighted by Crippen LogP contribution is -2.26. The van der Waals surface area contributed by atoms with Crippen molar-refractivity contribution in [3.05, 3.63) is 48.5 Å². The maximum Gasteiger partial charge on any atom is 0.119 e. The molecule has 0 saturated heterocycles. The maximum atomic E-state index is 5.61. The topological polar surface area (TPSA) is 18.5 Å². The third-order valence-corrected chi connectivity index (χ3v) is 4.96. The summed E-state index contributed by atoms with van der Waals surface area (Å²) in [5.41, 5.74) is 0. The van der Waals surface area contributed by atoms with Crippen LogP contribution in [0.25, 0.3) is 0 Å². The summed E-state index contributed by atoms with van der Waals surface area (Å²) in [6.45, 7) is 5.82. The van der Waals surface area contributed by atoms with Gasteiger partial charge in [0.15, 0.2) is 0 Å². The van der Waals surface area contributed by atoms with Crippen molar-refractivity contribution in [3.8, 4) is 11.5 Å². The Morgan fingerprint density at radius 2 is 1.05 bits per heavy atom.